The quantitative estimate of drug-likeness (QED) is 0.340. The first-order valence-corrected chi connectivity index (χ1v) is 13.2. The number of thiophene rings is 1. The average molecular weight is 496 g/mol. The molecule has 0 fully saturated rings. The number of aryl methyl sites for hydroxylation is 2. The minimum absolute atomic E-state index is 0.142. The predicted octanol–water partition coefficient (Wildman–Crippen LogP) is 5.22. The van der Waals surface area contributed by atoms with Crippen LogP contribution in [0.15, 0.2) is 29.4 Å². The van der Waals surface area contributed by atoms with Crippen LogP contribution >= 0.6 is 23.1 Å². The maximum absolute atomic E-state index is 13.1. The fourth-order valence-electron chi connectivity index (χ4n) is 4.13. The summed E-state index contributed by atoms with van der Waals surface area (Å²) >= 11 is 2.92. The molecule has 0 saturated heterocycles. The topological polar surface area (TPSA) is 92.8 Å². The van der Waals surface area contributed by atoms with Gasteiger partial charge in [-0.05, 0) is 51.2 Å². The molecule has 2 heterocycles. The molecular formula is C25H29N5O2S2. The van der Waals surface area contributed by atoms with E-state index in [0.29, 0.717) is 28.9 Å². The van der Waals surface area contributed by atoms with Crippen LogP contribution in [-0.4, -0.2) is 39.6 Å². The predicted molar refractivity (Wildman–Crippen MR) is 136 cm³/mol. The largest absolute Gasteiger partial charge is 0.383 e. The summed E-state index contributed by atoms with van der Waals surface area (Å²) in [5.41, 5.74) is 3.88. The van der Waals surface area contributed by atoms with Crippen molar-refractivity contribution in [1.29, 1.82) is 5.26 Å². The van der Waals surface area contributed by atoms with Crippen molar-refractivity contribution >= 4 is 34.0 Å². The van der Waals surface area contributed by atoms with Gasteiger partial charge in [-0.15, -0.1) is 21.5 Å². The van der Waals surface area contributed by atoms with Crippen LogP contribution in [0.2, 0.25) is 0 Å². The van der Waals surface area contributed by atoms with E-state index >= 15 is 0 Å². The van der Waals surface area contributed by atoms with Crippen LogP contribution in [-0.2, 0) is 28.9 Å². The third-order valence-corrected chi connectivity index (χ3v) is 8.22. The normalized spacial score (nSPS) is 14.2. The van der Waals surface area contributed by atoms with Crippen molar-refractivity contribution in [3.8, 4) is 17.5 Å². The maximum Gasteiger partial charge on any atom is 0.238 e. The summed E-state index contributed by atoms with van der Waals surface area (Å²) in [6.45, 7) is 4.99. The number of amides is 1. The third-order valence-electron chi connectivity index (χ3n) is 5.93. The summed E-state index contributed by atoms with van der Waals surface area (Å²) < 4.78 is 7.30. The molecule has 0 bridgehead atoms. The first-order chi connectivity index (χ1) is 16.5. The summed E-state index contributed by atoms with van der Waals surface area (Å²) in [6.07, 6.45) is 5.32. The number of benzene rings is 1. The highest BCUT2D eigenvalue weighted by Crippen LogP contribution is 2.37. The van der Waals surface area contributed by atoms with E-state index in [0.717, 1.165) is 48.2 Å². The Morgan fingerprint density at radius 1 is 1.32 bits per heavy atom. The second kappa shape index (κ2) is 11.2. The highest BCUT2D eigenvalue weighted by atomic mass is 32.2. The van der Waals surface area contributed by atoms with E-state index < -0.39 is 5.25 Å². The standard InChI is InChI=1S/C25H29N5O2S2/c1-16-8-7-9-18(14-16)22-28-29-25(30(22)12-13-32-3)33-17(2)23(31)27-24-20(15-26)19-10-5-4-6-11-21(19)34-24/h7-9,14,17H,4-6,10-13H2,1-3H3,(H,27,31). The molecule has 1 aliphatic rings. The molecular weight excluding hydrogens is 466 g/mol. The van der Waals surface area contributed by atoms with Gasteiger partial charge in [-0.2, -0.15) is 5.26 Å². The van der Waals surface area contributed by atoms with Gasteiger partial charge in [0, 0.05) is 17.6 Å². The van der Waals surface area contributed by atoms with Crippen molar-refractivity contribution in [2.24, 2.45) is 0 Å². The number of nitrogens with one attached hydrogen (secondary N) is 1. The van der Waals surface area contributed by atoms with Crippen molar-refractivity contribution in [3.05, 3.63) is 45.8 Å². The molecule has 0 aliphatic heterocycles. The minimum atomic E-state index is -0.413. The molecule has 7 nitrogen and oxygen atoms in total. The highest BCUT2D eigenvalue weighted by Gasteiger charge is 2.25. The summed E-state index contributed by atoms with van der Waals surface area (Å²) in [7, 11) is 1.66. The number of hydrogen-bond donors (Lipinski definition) is 1. The minimum Gasteiger partial charge on any atom is -0.383 e. The molecule has 1 unspecified atom stereocenters. The Morgan fingerprint density at radius 2 is 2.15 bits per heavy atom. The van der Waals surface area contributed by atoms with Crippen LogP contribution in [0.25, 0.3) is 11.4 Å². The first-order valence-electron chi connectivity index (χ1n) is 11.5. The molecule has 0 saturated carbocycles. The average Bonchev–Trinajstić information content (AvgIpc) is 3.28. The summed E-state index contributed by atoms with van der Waals surface area (Å²) in [4.78, 5) is 14.3. The van der Waals surface area contributed by atoms with Gasteiger partial charge in [-0.3, -0.25) is 9.36 Å². The number of anilines is 1. The summed E-state index contributed by atoms with van der Waals surface area (Å²) in [6, 6.07) is 10.5. The van der Waals surface area contributed by atoms with Crippen LogP contribution in [0.1, 0.15) is 47.8 Å². The molecule has 0 spiro atoms. The number of rotatable bonds is 8. The monoisotopic (exact) mass is 495 g/mol. The number of hydrogen-bond acceptors (Lipinski definition) is 7. The molecule has 1 aliphatic carbocycles. The smallest absolute Gasteiger partial charge is 0.238 e. The Hall–Kier alpha value is -2.67. The lowest BCUT2D eigenvalue weighted by molar-refractivity contribution is -0.115. The third kappa shape index (κ3) is 5.35. The number of methoxy groups -OCH3 is 1. The molecule has 34 heavy (non-hydrogen) atoms. The van der Waals surface area contributed by atoms with E-state index in [4.69, 9.17) is 4.74 Å². The van der Waals surface area contributed by atoms with Gasteiger partial charge < -0.3 is 10.1 Å². The Morgan fingerprint density at radius 3 is 2.91 bits per heavy atom. The van der Waals surface area contributed by atoms with Crippen molar-refractivity contribution in [1.82, 2.24) is 14.8 Å². The molecule has 4 rings (SSSR count). The Bertz CT molecular complexity index is 1210. The maximum atomic E-state index is 13.1. The first kappa shape index (κ1) is 24.5. The fourth-order valence-corrected chi connectivity index (χ4v) is 6.25. The molecule has 1 aromatic carbocycles. The number of nitriles is 1. The molecule has 1 amide bonds. The van der Waals surface area contributed by atoms with Crippen molar-refractivity contribution in [2.45, 2.75) is 62.9 Å². The summed E-state index contributed by atoms with van der Waals surface area (Å²) in [5, 5.41) is 22.5. The lowest BCUT2D eigenvalue weighted by Crippen LogP contribution is -2.23. The number of ether oxygens (including phenoxy) is 1. The zero-order valence-corrected chi connectivity index (χ0v) is 21.4. The fraction of sp³-hybridized carbons (Fsp3) is 0.440. The Kier molecular flexibility index (Phi) is 8.03. The van der Waals surface area contributed by atoms with Gasteiger partial charge in [0.1, 0.15) is 11.1 Å². The second-order valence-corrected chi connectivity index (χ2v) is 10.9. The zero-order valence-electron chi connectivity index (χ0n) is 19.8. The lowest BCUT2D eigenvalue weighted by Gasteiger charge is -2.13. The molecule has 1 N–H and O–H groups in total. The van der Waals surface area contributed by atoms with Crippen molar-refractivity contribution in [2.75, 3.05) is 19.0 Å². The van der Waals surface area contributed by atoms with Gasteiger partial charge in [0.25, 0.3) is 0 Å². The molecule has 3 aromatic rings. The van der Waals surface area contributed by atoms with Gasteiger partial charge in [0.15, 0.2) is 11.0 Å². The van der Waals surface area contributed by atoms with Gasteiger partial charge in [-0.1, -0.05) is 41.9 Å². The van der Waals surface area contributed by atoms with E-state index in [1.807, 2.05) is 36.6 Å². The molecule has 0 radical (unpaired) electrons. The molecule has 9 heteroatoms. The second-order valence-electron chi connectivity index (χ2n) is 8.45. The summed E-state index contributed by atoms with van der Waals surface area (Å²) in [5.74, 6) is 0.612. The Labute approximate surface area is 208 Å². The number of carbonyl (C=O) groups excluding carboxylic acids is 1. The lowest BCUT2D eigenvalue weighted by atomic mass is 10.1. The van der Waals surface area contributed by atoms with Crippen LogP contribution in [0.5, 0.6) is 0 Å². The molecule has 2 aromatic heterocycles. The van der Waals surface area contributed by atoms with E-state index in [2.05, 4.69) is 27.6 Å². The number of fused-ring (bicyclic) bond motifs is 1. The Balaban J connectivity index is 1.53. The zero-order chi connectivity index (χ0) is 24.1. The van der Waals surface area contributed by atoms with Crippen LogP contribution in [0, 0.1) is 18.3 Å². The van der Waals surface area contributed by atoms with Crippen LogP contribution in [0.4, 0.5) is 5.00 Å². The molecule has 178 valence electrons. The highest BCUT2D eigenvalue weighted by molar-refractivity contribution is 8.00. The van der Waals surface area contributed by atoms with Gasteiger partial charge in [0.05, 0.1) is 24.0 Å². The number of aromatic nitrogens is 3. The van der Waals surface area contributed by atoms with E-state index in [-0.39, 0.29) is 5.91 Å². The van der Waals surface area contributed by atoms with Gasteiger partial charge in [-0.25, -0.2) is 0 Å². The molecule has 1 atom stereocenters. The van der Waals surface area contributed by atoms with E-state index in [1.165, 1.54) is 23.1 Å². The number of thioether (sulfide) groups is 1. The van der Waals surface area contributed by atoms with Crippen molar-refractivity contribution < 1.29 is 9.53 Å². The van der Waals surface area contributed by atoms with Gasteiger partial charge >= 0.3 is 0 Å². The number of carbonyl (C=O) groups is 1. The van der Waals surface area contributed by atoms with Crippen LogP contribution in [0.3, 0.4) is 0 Å². The SMILES string of the molecule is COCCn1c(SC(C)C(=O)Nc2sc3c(c2C#N)CCCCC3)nnc1-c1cccc(C)c1. The number of nitrogens with zero attached hydrogens (tertiary/aromatic N) is 4. The van der Waals surface area contributed by atoms with Gasteiger partial charge in [0.2, 0.25) is 5.91 Å². The van der Waals surface area contributed by atoms with Crippen LogP contribution < -0.4 is 5.32 Å². The van der Waals surface area contributed by atoms with Crippen molar-refractivity contribution in [3.63, 3.8) is 0 Å². The van der Waals surface area contributed by atoms with E-state index in [1.54, 1.807) is 18.4 Å². The van der Waals surface area contributed by atoms with E-state index in [9.17, 15) is 10.1 Å².